The third-order valence-corrected chi connectivity index (χ3v) is 7.54. The average Bonchev–Trinajstić information content (AvgIpc) is 3.41. The molecule has 2 aromatic heterocycles. The van der Waals surface area contributed by atoms with Crippen LogP contribution in [-0.2, 0) is 13.2 Å². The minimum absolute atomic E-state index is 0.146. The molecule has 196 valence electrons. The molecule has 1 amide bonds. The molecule has 0 radical (unpaired) electrons. The van der Waals surface area contributed by atoms with Gasteiger partial charge in [-0.2, -0.15) is 13.2 Å². The second kappa shape index (κ2) is 10.3. The molecule has 0 bridgehead atoms. The minimum Gasteiger partial charge on any atom is -0.352 e. The van der Waals surface area contributed by atoms with E-state index in [1.165, 1.54) is 6.07 Å². The van der Waals surface area contributed by atoms with E-state index in [1.807, 2.05) is 17.7 Å². The maximum absolute atomic E-state index is 13.0. The van der Waals surface area contributed by atoms with E-state index in [-0.39, 0.29) is 5.91 Å². The highest BCUT2D eigenvalue weighted by molar-refractivity contribution is 7.22. The van der Waals surface area contributed by atoms with E-state index < -0.39 is 11.7 Å². The van der Waals surface area contributed by atoms with Crippen molar-refractivity contribution in [3.8, 4) is 0 Å². The van der Waals surface area contributed by atoms with Crippen molar-refractivity contribution in [1.82, 2.24) is 29.7 Å². The van der Waals surface area contributed by atoms with Gasteiger partial charge in [0.05, 0.1) is 26.8 Å². The molecule has 4 aromatic rings. The van der Waals surface area contributed by atoms with E-state index in [0.29, 0.717) is 38.9 Å². The van der Waals surface area contributed by atoms with Crippen LogP contribution in [0.2, 0.25) is 0 Å². The average molecular weight is 532 g/mol. The SMILES string of the molecule is CN1CCN(CCCNC(=O)c2ccc3c(c2)nc(Nc2nc4ccc(C(F)(F)F)cc4s2)n3C)CC1. The molecule has 37 heavy (non-hydrogen) atoms. The Hall–Kier alpha value is -3.22. The molecule has 0 aliphatic carbocycles. The number of nitrogens with one attached hydrogen (secondary N) is 2. The Morgan fingerprint density at radius 2 is 1.81 bits per heavy atom. The summed E-state index contributed by atoms with van der Waals surface area (Å²) < 4.78 is 41.3. The highest BCUT2D eigenvalue weighted by Gasteiger charge is 2.30. The monoisotopic (exact) mass is 531 g/mol. The summed E-state index contributed by atoms with van der Waals surface area (Å²) in [5, 5.41) is 6.53. The molecule has 12 heteroatoms. The van der Waals surface area contributed by atoms with Crippen LogP contribution in [0.25, 0.3) is 21.3 Å². The van der Waals surface area contributed by atoms with Gasteiger partial charge in [-0.25, -0.2) is 9.97 Å². The van der Waals surface area contributed by atoms with Crippen LogP contribution < -0.4 is 10.6 Å². The number of piperazine rings is 1. The smallest absolute Gasteiger partial charge is 0.352 e. The van der Waals surface area contributed by atoms with Crippen molar-refractivity contribution >= 4 is 49.6 Å². The zero-order valence-electron chi connectivity index (χ0n) is 20.6. The fourth-order valence-corrected chi connectivity index (χ4v) is 5.28. The van der Waals surface area contributed by atoms with E-state index in [9.17, 15) is 18.0 Å². The topological polar surface area (TPSA) is 78.3 Å². The first-order chi connectivity index (χ1) is 17.7. The van der Waals surface area contributed by atoms with Crippen molar-refractivity contribution in [3.63, 3.8) is 0 Å². The van der Waals surface area contributed by atoms with Crippen molar-refractivity contribution in [2.75, 3.05) is 51.6 Å². The van der Waals surface area contributed by atoms with Gasteiger partial charge in [-0.3, -0.25) is 4.79 Å². The molecule has 2 aromatic carbocycles. The predicted molar refractivity (Wildman–Crippen MR) is 140 cm³/mol. The number of halogens is 3. The highest BCUT2D eigenvalue weighted by atomic mass is 32.1. The van der Waals surface area contributed by atoms with Crippen LogP contribution in [0.4, 0.5) is 24.3 Å². The number of nitrogens with zero attached hydrogens (tertiary/aromatic N) is 5. The number of fused-ring (bicyclic) bond motifs is 2. The summed E-state index contributed by atoms with van der Waals surface area (Å²) in [6.45, 7) is 5.83. The van der Waals surface area contributed by atoms with Gasteiger partial charge < -0.3 is 25.0 Å². The van der Waals surface area contributed by atoms with Crippen LogP contribution >= 0.6 is 11.3 Å². The Bertz CT molecular complexity index is 1420. The summed E-state index contributed by atoms with van der Waals surface area (Å²) in [5.41, 5.74) is 1.75. The number of aryl methyl sites for hydroxylation is 1. The van der Waals surface area contributed by atoms with Crippen molar-refractivity contribution in [1.29, 1.82) is 0 Å². The van der Waals surface area contributed by atoms with E-state index >= 15 is 0 Å². The summed E-state index contributed by atoms with van der Waals surface area (Å²) in [7, 11) is 3.96. The van der Waals surface area contributed by atoms with Crippen molar-refractivity contribution in [2.24, 2.45) is 7.05 Å². The van der Waals surface area contributed by atoms with Gasteiger partial charge in [0, 0.05) is 45.3 Å². The Labute approximate surface area is 216 Å². The second-order valence-electron chi connectivity index (χ2n) is 9.28. The van der Waals surface area contributed by atoms with Gasteiger partial charge in [0.2, 0.25) is 5.95 Å². The quantitative estimate of drug-likeness (QED) is 0.346. The summed E-state index contributed by atoms with van der Waals surface area (Å²) in [4.78, 5) is 26.4. The molecule has 0 spiro atoms. The van der Waals surface area contributed by atoms with Gasteiger partial charge in [0.25, 0.3) is 5.91 Å². The number of benzene rings is 2. The summed E-state index contributed by atoms with van der Waals surface area (Å²) in [6.07, 6.45) is -3.51. The Kier molecular flexibility index (Phi) is 7.06. The minimum atomic E-state index is -4.40. The molecule has 1 aliphatic heterocycles. The largest absolute Gasteiger partial charge is 0.416 e. The summed E-state index contributed by atoms with van der Waals surface area (Å²) in [6, 6.07) is 8.83. The maximum atomic E-state index is 13.0. The maximum Gasteiger partial charge on any atom is 0.416 e. The highest BCUT2D eigenvalue weighted by Crippen LogP contribution is 2.35. The summed E-state index contributed by atoms with van der Waals surface area (Å²) in [5.74, 6) is 0.335. The van der Waals surface area contributed by atoms with Gasteiger partial charge in [-0.15, -0.1) is 0 Å². The lowest BCUT2D eigenvalue weighted by Crippen LogP contribution is -2.45. The first kappa shape index (κ1) is 25.4. The van der Waals surface area contributed by atoms with Gasteiger partial charge in [0.1, 0.15) is 0 Å². The number of likely N-dealkylation sites (N-methyl/N-ethyl adjacent to an activating group) is 1. The fourth-order valence-electron chi connectivity index (χ4n) is 4.38. The van der Waals surface area contributed by atoms with Crippen LogP contribution in [0.1, 0.15) is 22.3 Å². The lowest BCUT2D eigenvalue weighted by Gasteiger charge is -2.32. The van der Waals surface area contributed by atoms with E-state index in [0.717, 1.165) is 68.1 Å². The van der Waals surface area contributed by atoms with E-state index in [4.69, 9.17) is 0 Å². The third-order valence-electron chi connectivity index (χ3n) is 6.61. The van der Waals surface area contributed by atoms with Gasteiger partial charge in [-0.1, -0.05) is 11.3 Å². The summed E-state index contributed by atoms with van der Waals surface area (Å²) >= 11 is 1.13. The Morgan fingerprint density at radius 1 is 1.03 bits per heavy atom. The molecule has 0 saturated carbocycles. The van der Waals surface area contributed by atoms with Gasteiger partial charge in [0.15, 0.2) is 5.13 Å². The fraction of sp³-hybridized carbons (Fsp3) is 0.400. The number of imidazole rings is 1. The van der Waals surface area contributed by atoms with Crippen LogP contribution in [0.3, 0.4) is 0 Å². The van der Waals surface area contributed by atoms with Crippen molar-refractivity contribution in [3.05, 3.63) is 47.5 Å². The second-order valence-corrected chi connectivity index (χ2v) is 10.3. The van der Waals surface area contributed by atoms with Gasteiger partial charge in [-0.05, 0) is 56.4 Å². The van der Waals surface area contributed by atoms with Gasteiger partial charge >= 0.3 is 6.18 Å². The number of hydrogen-bond acceptors (Lipinski definition) is 7. The van der Waals surface area contributed by atoms with Crippen LogP contribution in [-0.4, -0.2) is 76.6 Å². The number of aromatic nitrogens is 3. The van der Waals surface area contributed by atoms with Crippen LogP contribution in [0, 0.1) is 0 Å². The number of amides is 1. The molecule has 1 saturated heterocycles. The Morgan fingerprint density at radius 3 is 2.57 bits per heavy atom. The van der Waals surface area contributed by atoms with E-state index in [2.05, 4.69) is 37.4 Å². The molecular weight excluding hydrogens is 503 g/mol. The van der Waals surface area contributed by atoms with Crippen LogP contribution in [0.5, 0.6) is 0 Å². The zero-order valence-corrected chi connectivity index (χ0v) is 21.4. The molecule has 1 aliphatic rings. The normalized spacial score (nSPS) is 15.5. The van der Waals surface area contributed by atoms with E-state index in [1.54, 1.807) is 12.1 Å². The molecule has 0 atom stereocenters. The number of carbonyl (C=O) groups is 1. The first-order valence-electron chi connectivity index (χ1n) is 12.1. The Balaban J connectivity index is 1.23. The number of anilines is 2. The molecule has 8 nitrogen and oxygen atoms in total. The zero-order chi connectivity index (χ0) is 26.2. The number of carbonyl (C=O) groups excluding carboxylic acids is 1. The van der Waals surface area contributed by atoms with Crippen molar-refractivity contribution < 1.29 is 18.0 Å². The number of alkyl halides is 3. The standard InChI is InChI=1S/C25H28F3N7OS/c1-33-10-12-35(13-11-33)9-3-8-29-22(36)16-4-7-20-19(14-16)30-23(34(20)2)32-24-31-18-6-5-17(25(26,27)28)15-21(18)37-24/h4-7,14-15H,3,8-13H2,1-2H3,(H,29,36)(H,30,31,32). The number of hydrogen-bond donors (Lipinski definition) is 2. The molecular formula is C25H28F3N7OS. The predicted octanol–water partition coefficient (Wildman–Crippen LogP) is 4.31. The molecule has 5 rings (SSSR count). The first-order valence-corrected chi connectivity index (χ1v) is 12.9. The molecule has 3 heterocycles. The van der Waals surface area contributed by atoms with Crippen LogP contribution in [0.15, 0.2) is 36.4 Å². The molecule has 0 unspecified atom stereocenters. The van der Waals surface area contributed by atoms with Crippen molar-refractivity contribution in [2.45, 2.75) is 12.6 Å². The molecule has 2 N–H and O–H groups in total. The third kappa shape index (κ3) is 5.71. The number of thiazole rings is 1. The lowest BCUT2D eigenvalue weighted by molar-refractivity contribution is -0.137. The lowest BCUT2D eigenvalue weighted by atomic mass is 10.2. The molecule has 1 fully saturated rings. The number of rotatable bonds is 7.